The largest absolute Gasteiger partial charge is 0.365 e. The Morgan fingerprint density at radius 3 is 2.50 bits per heavy atom. The van der Waals surface area contributed by atoms with Crippen LogP contribution in [0.3, 0.4) is 0 Å². The Bertz CT molecular complexity index is 1690. The van der Waals surface area contributed by atoms with Gasteiger partial charge in [-0.05, 0) is 55.0 Å². The minimum atomic E-state index is -3.79. The number of nitrogens with one attached hydrogen (secondary N) is 1. The molecule has 0 aliphatic carbocycles. The molecule has 1 amide bonds. The predicted octanol–water partition coefficient (Wildman–Crippen LogP) is 4.11. The third kappa shape index (κ3) is 3.56. The van der Waals surface area contributed by atoms with E-state index in [9.17, 15) is 13.2 Å². The van der Waals surface area contributed by atoms with Gasteiger partial charge in [0.2, 0.25) is 9.84 Å². The molecular formula is C25H21N5O3S. The first-order chi connectivity index (χ1) is 16.3. The van der Waals surface area contributed by atoms with Crippen LogP contribution in [0.1, 0.15) is 15.9 Å². The summed E-state index contributed by atoms with van der Waals surface area (Å²) in [6.45, 7) is 1.79. The fourth-order valence-electron chi connectivity index (χ4n) is 4.03. The standard InChI is InChI=1S/C25H21N5O3S/c1-15-10-19(34(32,33)18-6-4-3-5-7-18)12-20-23(15)27-14-21(25(26)31)24(20)29-17-9-8-16-13-28-30(2)22(16)11-17/h3-14H,1-2H3,(H2,26,31)(H,27,29). The van der Waals surface area contributed by atoms with E-state index in [1.807, 2.05) is 25.2 Å². The minimum Gasteiger partial charge on any atom is -0.365 e. The second-order valence-electron chi connectivity index (χ2n) is 8.03. The van der Waals surface area contributed by atoms with Gasteiger partial charge in [0.15, 0.2) is 0 Å². The number of pyridine rings is 1. The number of amides is 1. The van der Waals surface area contributed by atoms with E-state index >= 15 is 0 Å². The maximum absolute atomic E-state index is 13.3. The van der Waals surface area contributed by atoms with Crippen molar-refractivity contribution in [2.75, 3.05) is 5.32 Å². The molecule has 0 saturated heterocycles. The van der Waals surface area contributed by atoms with Crippen LogP contribution in [0.2, 0.25) is 0 Å². The first-order valence-corrected chi connectivity index (χ1v) is 12.0. The molecule has 3 aromatic carbocycles. The molecule has 34 heavy (non-hydrogen) atoms. The fourth-order valence-corrected chi connectivity index (χ4v) is 5.42. The topological polar surface area (TPSA) is 120 Å². The maximum Gasteiger partial charge on any atom is 0.252 e. The number of carbonyl (C=O) groups excluding carboxylic acids is 1. The molecule has 0 saturated carbocycles. The van der Waals surface area contributed by atoms with Crippen LogP contribution >= 0.6 is 0 Å². The van der Waals surface area contributed by atoms with Gasteiger partial charge in [0.1, 0.15) is 0 Å². The van der Waals surface area contributed by atoms with Crippen LogP contribution in [0.5, 0.6) is 0 Å². The lowest BCUT2D eigenvalue weighted by Gasteiger charge is -2.16. The highest BCUT2D eigenvalue weighted by Crippen LogP contribution is 2.34. The van der Waals surface area contributed by atoms with Crippen LogP contribution in [0.15, 0.2) is 82.8 Å². The van der Waals surface area contributed by atoms with E-state index in [1.165, 1.54) is 12.3 Å². The fraction of sp³-hybridized carbons (Fsp3) is 0.0800. The zero-order valence-electron chi connectivity index (χ0n) is 18.5. The van der Waals surface area contributed by atoms with E-state index in [0.29, 0.717) is 27.8 Å². The molecule has 2 aromatic heterocycles. The molecule has 170 valence electrons. The average molecular weight is 472 g/mol. The molecule has 8 nitrogen and oxygen atoms in total. The second-order valence-corrected chi connectivity index (χ2v) is 9.98. The van der Waals surface area contributed by atoms with Crippen molar-refractivity contribution in [2.24, 2.45) is 12.8 Å². The second kappa shape index (κ2) is 7.96. The van der Waals surface area contributed by atoms with E-state index in [4.69, 9.17) is 5.73 Å². The molecule has 0 bridgehead atoms. The van der Waals surface area contributed by atoms with Gasteiger partial charge in [0.25, 0.3) is 5.91 Å². The van der Waals surface area contributed by atoms with E-state index in [0.717, 1.165) is 10.9 Å². The molecule has 0 atom stereocenters. The molecule has 9 heteroatoms. The quantitative estimate of drug-likeness (QED) is 0.398. The number of carbonyl (C=O) groups is 1. The molecule has 3 N–H and O–H groups in total. The summed E-state index contributed by atoms with van der Waals surface area (Å²) in [7, 11) is -1.95. The Labute approximate surface area is 196 Å². The molecule has 5 rings (SSSR count). The molecule has 5 aromatic rings. The highest BCUT2D eigenvalue weighted by atomic mass is 32.2. The molecule has 0 fully saturated rings. The monoisotopic (exact) mass is 471 g/mol. The van der Waals surface area contributed by atoms with Gasteiger partial charge in [-0.2, -0.15) is 5.10 Å². The lowest BCUT2D eigenvalue weighted by Crippen LogP contribution is -2.14. The summed E-state index contributed by atoms with van der Waals surface area (Å²) in [6.07, 6.45) is 3.17. The van der Waals surface area contributed by atoms with Gasteiger partial charge in [-0.15, -0.1) is 0 Å². The molecular weight excluding hydrogens is 450 g/mol. The number of benzene rings is 3. The molecule has 0 spiro atoms. The average Bonchev–Trinajstić information content (AvgIpc) is 3.19. The van der Waals surface area contributed by atoms with Crippen LogP contribution < -0.4 is 11.1 Å². The molecule has 0 aliphatic rings. The van der Waals surface area contributed by atoms with Gasteiger partial charge in [0.05, 0.1) is 38.3 Å². The number of rotatable bonds is 5. The summed E-state index contributed by atoms with van der Waals surface area (Å²) >= 11 is 0. The van der Waals surface area contributed by atoms with Crippen molar-refractivity contribution in [2.45, 2.75) is 16.7 Å². The zero-order valence-corrected chi connectivity index (χ0v) is 19.3. The summed E-state index contributed by atoms with van der Waals surface area (Å²) < 4.78 is 28.4. The Balaban J connectivity index is 1.74. The van der Waals surface area contributed by atoms with Crippen LogP contribution in [0.25, 0.3) is 21.8 Å². The van der Waals surface area contributed by atoms with Gasteiger partial charge in [-0.25, -0.2) is 8.42 Å². The lowest BCUT2D eigenvalue weighted by molar-refractivity contribution is 0.100. The molecule has 0 aliphatic heterocycles. The Hall–Kier alpha value is -4.24. The smallest absolute Gasteiger partial charge is 0.252 e. The van der Waals surface area contributed by atoms with E-state index in [1.54, 1.807) is 54.2 Å². The van der Waals surface area contributed by atoms with Gasteiger partial charge in [0, 0.05) is 29.7 Å². The molecule has 2 heterocycles. The van der Waals surface area contributed by atoms with Gasteiger partial charge >= 0.3 is 0 Å². The first-order valence-electron chi connectivity index (χ1n) is 10.5. The number of anilines is 2. The van der Waals surface area contributed by atoms with Crippen LogP contribution in [-0.4, -0.2) is 29.1 Å². The zero-order chi connectivity index (χ0) is 24.0. The van der Waals surface area contributed by atoms with Crippen molar-refractivity contribution in [3.05, 3.63) is 84.2 Å². The van der Waals surface area contributed by atoms with Gasteiger partial charge < -0.3 is 11.1 Å². The number of fused-ring (bicyclic) bond motifs is 2. The number of sulfone groups is 1. The van der Waals surface area contributed by atoms with Crippen LogP contribution in [0, 0.1) is 6.92 Å². The Morgan fingerprint density at radius 1 is 1.00 bits per heavy atom. The third-order valence-corrected chi connectivity index (χ3v) is 7.53. The van der Waals surface area contributed by atoms with Gasteiger partial charge in [-0.3, -0.25) is 14.5 Å². The van der Waals surface area contributed by atoms with E-state index in [-0.39, 0.29) is 15.4 Å². The van der Waals surface area contributed by atoms with Crippen molar-refractivity contribution in [1.82, 2.24) is 14.8 Å². The summed E-state index contributed by atoms with van der Waals surface area (Å²) in [5.74, 6) is -0.674. The molecule has 0 radical (unpaired) electrons. The highest BCUT2D eigenvalue weighted by molar-refractivity contribution is 7.91. The van der Waals surface area contributed by atoms with E-state index < -0.39 is 15.7 Å². The number of nitrogens with two attached hydrogens (primary N) is 1. The first kappa shape index (κ1) is 21.6. The van der Waals surface area contributed by atoms with Crippen molar-refractivity contribution in [3.63, 3.8) is 0 Å². The third-order valence-electron chi connectivity index (χ3n) is 5.78. The lowest BCUT2D eigenvalue weighted by atomic mass is 10.1. The van der Waals surface area contributed by atoms with E-state index in [2.05, 4.69) is 15.4 Å². The van der Waals surface area contributed by atoms with Crippen molar-refractivity contribution < 1.29 is 13.2 Å². The van der Waals surface area contributed by atoms with Crippen molar-refractivity contribution >= 4 is 48.9 Å². The summed E-state index contributed by atoms with van der Waals surface area (Å²) in [4.78, 5) is 17.0. The minimum absolute atomic E-state index is 0.109. The molecule has 0 unspecified atom stereocenters. The predicted molar refractivity (Wildman–Crippen MR) is 131 cm³/mol. The van der Waals surface area contributed by atoms with Crippen molar-refractivity contribution in [1.29, 1.82) is 0 Å². The normalized spacial score (nSPS) is 11.7. The Kier molecular flexibility index (Phi) is 5.06. The number of nitrogens with zero attached hydrogens (tertiary/aromatic N) is 3. The number of aromatic nitrogens is 3. The number of primary amides is 1. The summed E-state index contributed by atoms with van der Waals surface area (Å²) in [5, 5.41) is 8.98. The van der Waals surface area contributed by atoms with Crippen LogP contribution in [-0.2, 0) is 16.9 Å². The van der Waals surface area contributed by atoms with Crippen molar-refractivity contribution in [3.8, 4) is 0 Å². The maximum atomic E-state index is 13.3. The summed E-state index contributed by atoms with van der Waals surface area (Å²) in [6, 6.07) is 17.0. The number of aryl methyl sites for hydroxylation is 2. The number of hydrogen-bond donors (Lipinski definition) is 2. The summed E-state index contributed by atoms with van der Waals surface area (Å²) in [5.41, 5.74) is 9.03. The Morgan fingerprint density at radius 2 is 1.76 bits per heavy atom. The SMILES string of the molecule is Cc1cc(S(=O)(=O)c2ccccc2)cc2c(Nc3ccc4cnn(C)c4c3)c(C(N)=O)cnc12. The highest BCUT2D eigenvalue weighted by Gasteiger charge is 2.22. The van der Waals surface area contributed by atoms with Gasteiger partial charge in [-0.1, -0.05) is 18.2 Å². The number of hydrogen-bond acceptors (Lipinski definition) is 6. The van der Waals surface area contributed by atoms with Crippen LogP contribution in [0.4, 0.5) is 11.4 Å².